The SMILES string of the molecule is COc1ccc(NC(=O)Cn2c3c(sc2=O)C(c2ccc(F)cc2)C2C(=O)N(c4ccc([N+](=O)[O-])cc4)C(=O)C2S3)cc1. The predicted molar refractivity (Wildman–Crippen MR) is 157 cm³/mol. The van der Waals surface area contributed by atoms with E-state index in [9.17, 15) is 33.7 Å². The molecule has 11 nitrogen and oxygen atoms in total. The molecule has 3 atom stereocenters. The van der Waals surface area contributed by atoms with Crippen molar-refractivity contribution in [2.24, 2.45) is 5.92 Å². The molecule has 1 fully saturated rings. The molecule has 43 heavy (non-hydrogen) atoms. The fourth-order valence-electron chi connectivity index (χ4n) is 5.28. The third kappa shape index (κ3) is 5.08. The highest BCUT2D eigenvalue weighted by Gasteiger charge is 2.56. The number of halogens is 1. The van der Waals surface area contributed by atoms with Crippen molar-refractivity contribution in [1.29, 1.82) is 0 Å². The van der Waals surface area contributed by atoms with Gasteiger partial charge in [0.05, 0.1) is 28.7 Å². The minimum atomic E-state index is -0.963. The van der Waals surface area contributed by atoms with Crippen LogP contribution >= 0.6 is 23.1 Å². The Hall–Kier alpha value is -4.82. The number of carbonyl (C=O) groups excluding carboxylic acids is 3. The van der Waals surface area contributed by atoms with Crippen molar-refractivity contribution in [3.05, 3.63) is 109 Å². The molecular formula is C29H21FN4O7S2. The number of nitrogens with zero attached hydrogens (tertiary/aromatic N) is 3. The molecule has 4 aromatic rings. The zero-order chi connectivity index (χ0) is 30.4. The maximum atomic E-state index is 13.9. The van der Waals surface area contributed by atoms with Crippen molar-refractivity contribution >= 4 is 57.9 Å². The molecule has 3 aromatic carbocycles. The van der Waals surface area contributed by atoms with Crippen molar-refractivity contribution in [2.75, 3.05) is 17.3 Å². The first kappa shape index (κ1) is 28.3. The van der Waals surface area contributed by atoms with E-state index in [1.165, 1.54) is 60.2 Å². The number of amides is 3. The van der Waals surface area contributed by atoms with Crippen LogP contribution in [0, 0.1) is 21.8 Å². The monoisotopic (exact) mass is 620 g/mol. The number of imide groups is 1. The van der Waals surface area contributed by atoms with Gasteiger partial charge in [0.25, 0.3) is 5.69 Å². The summed E-state index contributed by atoms with van der Waals surface area (Å²) in [6, 6.07) is 17.2. The fraction of sp³-hybridized carbons (Fsp3) is 0.172. The molecular weight excluding hydrogens is 599 g/mol. The Bertz CT molecular complexity index is 1820. The third-order valence-electron chi connectivity index (χ3n) is 7.27. The summed E-state index contributed by atoms with van der Waals surface area (Å²) in [6.07, 6.45) is 0. The molecule has 3 amide bonds. The largest absolute Gasteiger partial charge is 0.497 e. The minimum absolute atomic E-state index is 0.174. The lowest BCUT2D eigenvalue weighted by Gasteiger charge is -2.30. The van der Waals surface area contributed by atoms with Crippen molar-refractivity contribution in [3.8, 4) is 5.75 Å². The molecule has 14 heteroatoms. The van der Waals surface area contributed by atoms with E-state index in [0.29, 0.717) is 26.9 Å². The van der Waals surface area contributed by atoms with Gasteiger partial charge < -0.3 is 10.1 Å². The molecule has 6 rings (SSSR count). The summed E-state index contributed by atoms with van der Waals surface area (Å²) in [5.74, 6) is -3.17. The normalized spacial score (nSPS) is 19.1. The molecule has 0 saturated carbocycles. The number of methoxy groups -OCH3 is 1. The first-order valence-corrected chi connectivity index (χ1v) is 14.6. The van der Waals surface area contributed by atoms with Gasteiger partial charge in [-0.15, -0.1) is 0 Å². The van der Waals surface area contributed by atoms with Gasteiger partial charge in [-0.25, -0.2) is 9.29 Å². The number of hydrogen-bond acceptors (Lipinski definition) is 9. The molecule has 218 valence electrons. The Morgan fingerprint density at radius 1 is 1.00 bits per heavy atom. The number of fused-ring (bicyclic) bond motifs is 2. The van der Waals surface area contributed by atoms with Crippen LogP contribution in [0.1, 0.15) is 16.4 Å². The van der Waals surface area contributed by atoms with Gasteiger partial charge in [0.15, 0.2) is 0 Å². The highest BCUT2D eigenvalue weighted by molar-refractivity contribution is 8.00. The lowest BCUT2D eigenvalue weighted by atomic mass is 9.83. The summed E-state index contributed by atoms with van der Waals surface area (Å²) in [6.45, 7) is -0.342. The van der Waals surface area contributed by atoms with E-state index in [-0.39, 0.29) is 17.9 Å². The zero-order valence-corrected chi connectivity index (χ0v) is 23.9. The average Bonchev–Trinajstić information content (AvgIpc) is 3.44. The second-order valence-corrected chi connectivity index (χ2v) is 11.9. The van der Waals surface area contributed by atoms with Gasteiger partial charge in [0.2, 0.25) is 17.7 Å². The number of hydrogen-bond donors (Lipinski definition) is 1. The lowest BCUT2D eigenvalue weighted by molar-refractivity contribution is -0.384. The number of nitro benzene ring substituents is 1. The van der Waals surface area contributed by atoms with E-state index in [0.717, 1.165) is 28.0 Å². The Balaban J connectivity index is 1.37. The highest BCUT2D eigenvalue weighted by Crippen LogP contribution is 2.53. The number of nitrogens with one attached hydrogen (secondary N) is 1. The first-order chi connectivity index (χ1) is 20.7. The van der Waals surface area contributed by atoms with Crippen LogP contribution in [-0.2, 0) is 20.9 Å². The van der Waals surface area contributed by atoms with Crippen LogP contribution in [0.4, 0.5) is 21.5 Å². The molecule has 0 aliphatic carbocycles. The van der Waals surface area contributed by atoms with Crippen LogP contribution in [0.2, 0.25) is 0 Å². The number of aromatic nitrogens is 1. The molecule has 1 N–H and O–H groups in total. The quantitative estimate of drug-likeness (QED) is 0.182. The first-order valence-electron chi connectivity index (χ1n) is 12.9. The van der Waals surface area contributed by atoms with E-state index in [4.69, 9.17) is 4.74 Å². The van der Waals surface area contributed by atoms with E-state index in [1.54, 1.807) is 24.3 Å². The number of anilines is 2. The summed E-state index contributed by atoms with van der Waals surface area (Å²) in [5.41, 5.74) is 1.00. The van der Waals surface area contributed by atoms with Crippen molar-refractivity contribution in [3.63, 3.8) is 0 Å². The third-order valence-corrected chi connectivity index (χ3v) is 9.88. The zero-order valence-electron chi connectivity index (χ0n) is 22.3. The Labute approximate surface area is 251 Å². The maximum absolute atomic E-state index is 13.9. The number of thiazole rings is 1. The standard InChI is InChI=1S/C29H21FN4O7S2/c1-41-20-12-6-17(7-13-20)31-21(35)14-32-28-25(43-29(32)38)22(15-2-4-16(30)5-3-15)23-24(42-28)27(37)33(26(23)36)18-8-10-19(11-9-18)34(39)40/h2-13,22-24H,14H2,1H3,(H,31,35). The summed E-state index contributed by atoms with van der Waals surface area (Å²) in [7, 11) is 1.52. The molecule has 0 bridgehead atoms. The Kier molecular flexibility index (Phi) is 7.31. The highest BCUT2D eigenvalue weighted by atomic mass is 32.2. The molecule has 0 radical (unpaired) electrons. The molecule has 1 saturated heterocycles. The van der Waals surface area contributed by atoms with Crippen molar-refractivity contribution < 1.29 is 28.4 Å². The topological polar surface area (TPSA) is 141 Å². The van der Waals surface area contributed by atoms with Gasteiger partial charge in [0.1, 0.15) is 23.4 Å². The van der Waals surface area contributed by atoms with Crippen molar-refractivity contribution in [1.82, 2.24) is 4.57 Å². The molecule has 1 aromatic heterocycles. The Morgan fingerprint density at radius 3 is 2.30 bits per heavy atom. The number of nitro groups is 1. The van der Waals surface area contributed by atoms with Crippen LogP contribution in [0.5, 0.6) is 5.75 Å². The summed E-state index contributed by atoms with van der Waals surface area (Å²) in [4.78, 5) is 65.5. The minimum Gasteiger partial charge on any atom is -0.497 e. The van der Waals surface area contributed by atoms with Gasteiger partial charge >= 0.3 is 4.87 Å². The number of benzene rings is 3. The molecule has 3 heterocycles. The van der Waals surface area contributed by atoms with Gasteiger partial charge in [0, 0.05) is 28.6 Å². The van der Waals surface area contributed by atoms with E-state index in [1.807, 2.05) is 0 Å². The summed E-state index contributed by atoms with van der Waals surface area (Å²) < 4.78 is 20.3. The van der Waals surface area contributed by atoms with Gasteiger partial charge in [-0.05, 0) is 54.1 Å². The molecule has 2 aliphatic heterocycles. The smallest absolute Gasteiger partial charge is 0.308 e. The van der Waals surface area contributed by atoms with Crippen LogP contribution in [-0.4, -0.2) is 39.6 Å². The second kappa shape index (κ2) is 11.1. The van der Waals surface area contributed by atoms with Gasteiger partial charge in [-0.2, -0.15) is 0 Å². The van der Waals surface area contributed by atoms with Crippen LogP contribution in [0.25, 0.3) is 0 Å². The molecule has 2 aliphatic rings. The second-order valence-electron chi connectivity index (χ2n) is 9.78. The predicted octanol–water partition coefficient (Wildman–Crippen LogP) is 4.40. The number of rotatable bonds is 7. The van der Waals surface area contributed by atoms with Gasteiger partial charge in [-0.1, -0.05) is 35.2 Å². The maximum Gasteiger partial charge on any atom is 0.308 e. The molecule has 0 spiro atoms. The van der Waals surface area contributed by atoms with Crippen LogP contribution in [0.15, 0.2) is 82.6 Å². The number of thioether (sulfide) groups is 1. The molecule has 3 unspecified atom stereocenters. The Morgan fingerprint density at radius 2 is 1.67 bits per heavy atom. The van der Waals surface area contributed by atoms with Gasteiger partial charge in [-0.3, -0.25) is 33.9 Å². The summed E-state index contributed by atoms with van der Waals surface area (Å²) >= 11 is 1.90. The summed E-state index contributed by atoms with van der Waals surface area (Å²) in [5, 5.41) is 13.3. The van der Waals surface area contributed by atoms with E-state index < -0.39 is 50.4 Å². The average molecular weight is 621 g/mol. The number of ether oxygens (including phenoxy) is 1. The fourth-order valence-corrected chi connectivity index (χ4v) is 8.05. The van der Waals surface area contributed by atoms with Crippen LogP contribution in [0.3, 0.4) is 0 Å². The van der Waals surface area contributed by atoms with Crippen LogP contribution < -0.4 is 19.8 Å². The number of carbonyl (C=O) groups is 3. The lowest BCUT2D eigenvalue weighted by Crippen LogP contribution is -2.33. The van der Waals surface area contributed by atoms with E-state index in [2.05, 4.69) is 5.32 Å². The van der Waals surface area contributed by atoms with Crippen molar-refractivity contribution in [2.45, 2.75) is 22.7 Å². The van der Waals surface area contributed by atoms with E-state index >= 15 is 0 Å². The number of non-ortho nitro benzene ring substituents is 1.